The van der Waals surface area contributed by atoms with Crippen LogP contribution in [0.4, 0.5) is 0 Å². The first-order valence-electron chi connectivity index (χ1n) is 8.20. The molecule has 0 bridgehead atoms. The van der Waals surface area contributed by atoms with Crippen LogP contribution in [0.25, 0.3) is 11.0 Å². The van der Waals surface area contributed by atoms with Crippen LogP contribution in [0.1, 0.15) is 65.1 Å². The summed E-state index contributed by atoms with van der Waals surface area (Å²) in [5.41, 5.74) is 2.46. The molecule has 110 valence electrons. The fourth-order valence-electron chi connectivity index (χ4n) is 3.06. The first kappa shape index (κ1) is 15.1. The van der Waals surface area contributed by atoms with Crippen LogP contribution < -0.4 is 0 Å². The van der Waals surface area contributed by atoms with Crippen molar-refractivity contribution < 1.29 is 0 Å². The van der Waals surface area contributed by atoms with Gasteiger partial charge in [0.1, 0.15) is 5.82 Å². The van der Waals surface area contributed by atoms with Crippen LogP contribution >= 0.6 is 0 Å². The van der Waals surface area contributed by atoms with E-state index in [4.69, 9.17) is 4.98 Å². The van der Waals surface area contributed by atoms with E-state index >= 15 is 0 Å². The van der Waals surface area contributed by atoms with Crippen molar-refractivity contribution in [1.29, 1.82) is 0 Å². The third-order valence-corrected chi connectivity index (χ3v) is 4.63. The molecule has 0 unspecified atom stereocenters. The summed E-state index contributed by atoms with van der Waals surface area (Å²) in [6.07, 6.45) is 4.82. The smallest absolute Gasteiger partial charge is 0.112 e. The predicted molar refractivity (Wildman–Crippen MR) is 87.1 cm³/mol. The van der Waals surface area contributed by atoms with Crippen LogP contribution in [0, 0.1) is 5.92 Å². The van der Waals surface area contributed by atoms with E-state index in [0.29, 0.717) is 5.92 Å². The maximum absolute atomic E-state index is 4.94. The van der Waals surface area contributed by atoms with Gasteiger partial charge in [-0.25, -0.2) is 4.98 Å². The molecule has 0 saturated heterocycles. The van der Waals surface area contributed by atoms with Crippen molar-refractivity contribution >= 4 is 11.0 Å². The molecule has 20 heavy (non-hydrogen) atoms. The van der Waals surface area contributed by atoms with E-state index < -0.39 is 0 Å². The number of para-hydroxylation sites is 2. The Morgan fingerprint density at radius 3 is 2.20 bits per heavy atom. The number of imidazole rings is 1. The highest BCUT2D eigenvalue weighted by Crippen LogP contribution is 2.28. The molecule has 0 radical (unpaired) electrons. The van der Waals surface area contributed by atoms with Gasteiger partial charge in [0.05, 0.1) is 11.0 Å². The topological polar surface area (TPSA) is 17.8 Å². The molecule has 2 rings (SSSR count). The van der Waals surface area contributed by atoms with E-state index in [1.54, 1.807) is 0 Å². The van der Waals surface area contributed by atoms with Gasteiger partial charge in [-0.3, -0.25) is 0 Å². The largest absolute Gasteiger partial charge is 0.327 e. The van der Waals surface area contributed by atoms with Crippen LogP contribution in [-0.4, -0.2) is 9.55 Å². The number of benzene rings is 1. The fraction of sp³-hybridized carbons (Fsp3) is 0.611. The van der Waals surface area contributed by atoms with Gasteiger partial charge in [0.2, 0.25) is 0 Å². The molecule has 1 heterocycles. The molecule has 2 heteroatoms. The molecule has 0 N–H and O–H groups in total. The van der Waals surface area contributed by atoms with Crippen LogP contribution in [0.15, 0.2) is 24.3 Å². The standard InChI is InChI=1S/C18H28N2/c1-5-14(6-2)13-20-17-12-10-9-11-16(17)19-18(20)15(7-3)8-4/h9-12,14-15H,5-8,13H2,1-4H3. The Kier molecular flexibility index (Phi) is 5.22. The summed E-state index contributed by atoms with van der Waals surface area (Å²) in [7, 11) is 0. The lowest BCUT2D eigenvalue weighted by molar-refractivity contribution is 0.407. The summed E-state index contributed by atoms with van der Waals surface area (Å²) in [6, 6.07) is 8.58. The molecule has 1 aromatic heterocycles. The van der Waals surface area contributed by atoms with Gasteiger partial charge in [0.25, 0.3) is 0 Å². The van der Waals surface area contributed by atoms with Gasteiger partial charge in [-0.05, 0) is 30.9 Å². The maximum atomic E-state index is 4.94. The fourth-order valence-corrected chi connectivity index (χ4v) is 3.06. The normalized spacial score (nSPS) is 11.9. The first-order valence-corrected chi connectivity index (χ1v) is 8.20. The van der Waals surface area contributed by atoms with Crippen molar-refractivity contribution in [2.75, 3.05) is 0 Å². The molecule has 0 spiro atoms. The van der Waals surface area contributed by atoms with Crippen molar-refractivity contribution in [3.8, 4) is 0 Å². The molecule has 0 atom stereocenters. The molecule has 0 amide bonds. The lowest BCUT2D eigenvalue weighted by Crippen LogP contribution is -2.14. The van der Waals surface area contributed by atoms with Crippen LogP contribution in [0.2, 0.25) is 0 Å². The van der Waals surface area contributed by atoms with E-state index in [0.717, 1.165) is 18.0 Å². The van der Waals surface area contributed by atoms with Crippen molar-refractivity contribution in [2.45, 2.75) is 65.8 Å². The van der Waals surface area contributed by atoms with E-state index in [2.05, 4.69) is 56.5 Å². The molecule has 1 aromatic carbocycles. The summed E-state index contributed by atoms with van der Waals surface area (Å²) < 4.78 is 2.49. The predicted octanol–water partition coefficient (Wildman–Crippen LogP) is 5.38. The Bertz CT molecular complexity index is 533. The lowest BCUT2D eigenvalue weighted by Gasteiger charge is -2.19. The third kappa shape index (κ3) is 2.89. The average Bonchev–Trinajstić information content (AvgIpc) is 2.84. The minimum Gasteiger partial charge on any atom is -0.327 e. The van der Waals surface area contributed by atoms with Crippen molar-refractivity contribution in [2.24, 2.45) is 5.92 Å². The van der Waals surface area contributed by atoms with Crippen molar-refractivity contribution in [1.82, 2.24) is 9.55 Å². The van der Waals surface area contributed by atoms with Gasteiger partial charge in [-0.2, -0.15) is 0 Å². The SMILES string of the molecule is CCC(CC)Cn1c(C(CC)CC)nc2ccccc21. The molecule has 0 fully saturated rings. The average molecular weight is 272 g/mol. The Morgan fingerprint density at radius 2 is 1.60 bits per heavy atom. The quantitative estimate of drug-likeness (QED) is 0.662. The Hall–Kier alpha value is -1.31. The highest BCUT2D eigenvalue weighted by Gasteiger charge is 2.19. The molecule has 0 aliphatic carbocycles. The van der Waals surface area contributed by atoms with Crippen LogP contribution in [0.5, 0.6) is 0 Å². The Labute approximate surface area is 123 Å². The second kappa shape index (κ2) is 6.92. The molecule has 0 aliphatic rings. The van der Waals surface area contributed by atoms with Gasteiger partial charge in [-0.1, -0.05) is 52.7 Å². The molecular formula is C18H28N2. The molecular weight excluding hydrogens is 244 g/mol. The van der Waals surface area contributed by atoms with Crippen LogP contribution in [0.3, 0.4) is 0 Å². The first-order chi connectivity index (χ1) is 9.74. The number of hydrogen-bond donors (Lipinski definition) is 0. The Morgan fingerprint density at radius 1 is 0.950 bits per heavy atom. The number of aromatic nitrogens is 2. The summed E-state index contributed by atoms with van der Waals surface area (Å²) in [5.74, 6) is 2.63. The van der Waals surface area contributed by atoms with Gasteiger partial charge < -0.3 is 4.57 Å². The Balaban J connectivity index is 2.49. The number of nitrogens with zero attached hydrogens (tertiary/aromatic N) is 2. The van der Waals surface area contributed by atoms with E-state index in [9.17, 15) is 0 Å². The van der Waals surface area contributed by atoms with Gasteiger partial charge in [0.15, 0.2) is 0 Å². The van der Waals surface area contributed by atoms with Gasteiger partial charge in [-0.15, -0.1) is 0 Å². The minimum atomic E-state index is 0.580. The summed E-state index contributed by atoms with van der Waals surface area (Å²) in [6.45, 7) is 10.2. The minimum absolute atomic E-state index is 0.580. The molecule has 0 aliphatic heterocycles. The lowest BCUT2D eigenvalue weighted by atomic mass is 10.0. The number of fused-ring (bicyclic) bond motifs is 1. The van der Waals surface area contributed by atoms with Crippen LogP contribution in [-0.2, 0) is 6.54 Å². The maximum Gasteiger partial charge on any atom is 0.112 e. The highest BCUT2D eigenvalue weighted by molar-refractivity contribution is 5.76. The molecule has 0 saturated carbocycles. The summed E-state index contributed by atoms with van der Waals surface area (Å²) in [5, 5.41) is 0. The van der Waals surface area contributed by atoms with Crippen molar-refractivity contribution in [3.63, 3.8) is 0 Å². The zero-order valence-electron chi connectivity index (χ0n) is 13.4. The summed E-state index contributed by atoms with van der Waals surface area (Å²) in [4.78, 5) is 4.94. The zero-order valence-corrected chi connectivity index (χ0v) is 13.4. The second-order valence-electron chi connectivity index (χ2n) is 5.77. The molecule has 2 nitrogen and oxygen atoms in total. The number of rotatable bonds is 7. The summed E-state index contributed by atoms with van der Waals surface area (Å²) >= 11 is 0. The second-order valence-corrected chi connectivity index (χ2v) is 5.77. The van der Waals surface area contributed by atoms with Gasteiger partial charge in [0, 0.05) is 12.5 Å². The monoisotopic (exact) mass is 272 g/mol. The molecule has 2 aromatic rings. The third-order valence-electron chi connectivity index (χ3n) is 4.63. The van der Waals surface area contributed by atoms with E-state index in [1.807, 2.05) is 0 Å². The van der Waals surface area contributed by atoms with E-state index in [-0.39, 0.29) is 0 Å². The number of hydrogen-bond acceptors (Lipinski definition) is 1. The van der Waals surface area contributed by atoms with E-state index in [1.165, 1.54) is 37.0 Å². The van der Waals surface area contributed by atoms with Gasteiger partial charge >= 0.3 is 0 Å². The zero-order chi connectivity index (χ0) is 14.5. The highest BCUT2D eigenvalue weighted by atomic mass is 15.1. The van der Waals surface area contributed by atoms with Crippen molar-refractivity contribution in [3.05, 3.63) is 30.1 Å².